The number of hydrogen-bond donors (Lipinski definition) is 1. The summed E-state index contributed by atoms with van der Waals surface area (Å²) in [4.78, 5) is 28.1. The smallest absolute Gasteiger partial charge is 0.291 e. The first-order valence-electron chi connectivity index (χ1n) is 9.77. The van der Waals surface area contributed by atoms with E-state index in [-0.39, 0.29) is 17.6 Å². The van der Waals surface area contributed by atoms with Gasteiger partial charge in [0.05, 0.1) is 0 Å². The molecular formula is C23H22ClN3O3. The molecule has 0 atom stereocenters. The predicted molar refractivity (Wildman–Crippen MR) is 118 cm³/mol. The second-order valence-electron chi connectivity index (χ2n) is 7.17. The fourth-order valence-corrected chi connectivity index (χ4v) is 3.67. The van der Waals surface area contributed by atoms with Crippen LogP contribution in [0.15, 0.2) is 65.1 Å². The molecule has 154 valence electrons. The quantitative estimate of drug-likeness (QED) is 0.670. The highest BCUT2D eigenvalue weighted by Crippen LogP contribution is 2.26. The number of rotatable bonds is 4. The maximum absolute atomic E-state index is 12.5. The van der Waals surface area contributed by atoms with E-state index in [2.05, 4.69) is 10.2 Å². The van der Waals surface area contributed by atoms with E-state index >= 15 is 0 Å². The van der Waals surface area contributed by atoms with E-state index in [1.165, 1.54) is 0 Å². The maximum Gasteiger partial charge on any atom is 0.291 e. The number of benzene rings is 2. The van der Waals surface area contributed by atoms with Crippen LogP contribution in [0.2, 0.25) is 5.02 Å². The molecule has 0 radical (unpaired) electrons. The van der Waals surface area contributed by atoms with Crippen LogP contribution in [-0.2, 0) is 4.79 Å². The zero-order valence-corrected chi connectivity index (χ0v) is 17.4. The number of amides is 2. The van der Waals surface area contributed by atoms with Crippen molar-refractivity contribution in [1.29, 1.82) is 0 Å². The molecule has 0 spiro atoms. The summed E-state index contributed by atoms with van der Waals surface area (Å²) < 4.78 is 5.70. The summed E-state index contributed by atoms with van der Waals surface area (Å²) in [7, 11) is 0. The maximum atomic E-state index is 12.5. The van der Waals surface area contributed by atoms with Gasteiger partial charge in [0.15, 0.2) is 5.76 Å². The largest absolute Gasteiger partial charge is 0.451 e. The first-order chi connectivity index (χ1) is 14.5. The Hall–Kier alpha value is -3.25. The Kier molecular flexibility index (Phi) is 5.77. The third kappa shape index (κ3) is 4.49. The summed E-state index contributed by atoms with van der Waals surface area (Å²) in [5, 5.41) is 3.47. The number of piperazine rings is 1. The van der Waals surface area contributed by atoms with Gasteiger partial charge in [0.1, 0.15) is 5.76 Å². The van der Waals surface area contributed by atoms with Crippen LogP contribution in [0.5, 0.6) is 0 Å². The number of halogens is 1. The van der Waals surface area contributed by atoms with Gasteiger partial charge in [-0.25, -0.2) is 0 Å². The molecule has 1 aliphatic rings. The lowest BCUT2D eigenvalue weighted by atomic mass is 10.2. The molecule has 0 unspecified atom stereocenters. The second kappa shape index (κ2) is 8.63. The minimum Gasteiger partial charge on any atom is -0.451 e. The van der Waals surface area contributed by atoms with Crippen molar-refractivity contribution in [3.05, 3.63) is 71.4 Å². The fourth-order valence-electron chi connectivity index (χ4n) is 3.48. The molecule has 2 heterocycles. The number of nitrogens with zero attached hydrogens (tertiary/aromatic N) is 2. The van der Waals surface area contributed by atoms with E-state index in [4.69, 9.17) is 16.0 Å². The number of carbonyl (C=O) groups is 2. The predicted octanol–water partition coefficient (Wildman–Crippen LogP) is 4.52. The van der Waals surface area contributed by atoms with Crippen LogP contribution in [-0.4, -0.2) is 42.9 Å². The molecule has 0 bridgehead atoms. The molecule has 4 rings (SSSR count). The van der Waals surface area contributed by atoms with E-state index in [9.17, 15) is 9.59 Å². The van der Waals surface area contributed by atoms with Crippen molar-refractivity contribution >= 4 is 34.8 Å². The van der Waals surface area contributed by atoms with Crippen molar-refractivity contribution in [3.63, 3.8) is 0 Å². The highest BCUT2D eigenvalue weighted by molar-refractivity contribution is 6.30. The Morgan fingerprint density at radius 3 is 2.37 bits per heavy atom. The van der Waals surface area contributed by atoms with Gasteiger partial charge in [-0.2, -0.15) is 0 Å². The van der Waals surface area contributed by atoms with Crippen molar-refractivity contribution in [2.75, 3.05) is 36.4 Å². The Morgan fingerprint density at radius 1 is 0.967 bits per heavy atom. The van der Waals surface area contributed by atoms with E-state index in [0.717, 1.165) is 37.4 Å². The molecule has 1 aromatic heterocycles. The number of nitrogens with one attached hydrogen (secondary N) is 1. The molecule has 3 aromatic rings. The number of furan rings is 1. The lowest BCUT2D eigenvalue weighted by molar-refractivity contribution is -0.129. The topological polar surface area (TPSA) is 65.8 Å². The van der Waals surface area contributed by atoms with Crippen molar-refractivity contribution in [3.8, 4) is 11.3 Å². The molecule has 30 heavy (non-hydrogen) atoms. The van der Waals surface area contributed by atoms with E-state index < -0.39 is 0 Å². The summed E-state index contributed by atoms with van der Waals surface area (Å²) in [5.74, 6) is 0.618. The van der Waals surface area contributed by atoms with Gasteiger partial charge in [-0.05, 0) is 48.5 Å². The molecule has 0 aliphatic carbocycles. The zero-order chi connectivity index (χ0) is 21.1. The van der Waals surface area contributed by atoms with E-state index in [0.29, 0.717) is 16.5 Å². The lowest BCUT2D eigenvalue weighted by Crippen LogP contribution is -2.48. The molecule has 1 saturated heterocycles. The third-order valence-corrected chi connectivity index (χ3v) is 5.39. The number of anilines is 2. The van der Waals surface area contributed by atoms with Gasteiger partial charge in [0.25, 0.3) is 5.91 Å². The summed E-state index contributed by atoms with van der Waals surface area (Å²) in [5.41, 5.74) is 2.57. The van der Waals surface area contributed by atoms with Crippen LogP contribution in [0.1, 0.15) is 17.5 Å². The van der Waals surface area contributed by atoms with Crippen LogP contribution in [0.25, 0.3) is 11.3 Å². The monoisotopic (exact) mass is 423 g/mol. The average Bonchev–Trinajstić information content (AvgIpc) is 3.25. The number of hydrogen-bond acceptors (Lipinski definition) is 4. The van der Waals surface area contributed by atoms with Crippen molar-refractivity contribution in [2.24, 2.45) is 0 Å². The average molecular weight is 424 g/mol. The minimum absolute atomic E-state index is 0.115. The van der Waals surface area contributed by atoms with Crippen molar-refractivity contribution < 1.29 is 14.0 Å². The van der Waals surface area contributed by atoms with E-state index in [1.54, 1.807) is 31.2 Å². The van der Waals surface area contributed by atoms with Crippen molar-refractivity contribution in [2.45, 2.75) is 6.92 Å². The molecule has 1 fully saturated rings. The second-order valence-corrected chi connectivity index (χ2v) is 7.60. The summed E-state index contributed by atoms with van der Waals surface area (Å²) >= 11 is 6.02. The van der Waals surface area contributed by atoms with E-state index in [1.807, 2.05) is 41.3 Å². The molecular weight excluding hydrogens is 402 g/mol. The Labute approximate surface area is 180 Å². The molecule has 6 nitrogen and oxygen atoms in total. The molecule has 1 aliphatic heterocycles. The zero-order valence-electron chi connectivity index (χ0n) is 16.6. The molecule has 2 aromatic carbocycles. The van der Waals surface area contributed by atoms with Gasteiger partial charge in [-0.1, -0.05) is 23.7 Å². The SMILES string of the molecule is CC(=O)N1CCN(c2ccc(NC(=O)c3ccc(-c4cccc(Cl)c4)o3)cc2)CC1. The van der Waals surface area contributed by atoms with Crippen molar-refractivity contribution in [1.82, 2.24) is 4.90 Å². The first-order valence-corrected chi connectivity index (χ1v) is 10.1. The van der Waals surface area contributed by atoms with Gasteiger partial charge < -0.3 is 19.5 Å². The highest BCUT2D eigenvalue weighted by atomic mass is 35.5. The fraction of sp³-hybridized carbons (Fsp3) is 0.217. The number of carbonyl (C=O) groups excluding carboxylic acids is 2. The Morgan fingerprint density at radius 2 is 1.70 bits per heavy atom. The summed E-state index contributed by atoms with van der Waals surface area (Å²) in [6.45, 7) is 4.64. The van der Waals surface area contributed by atoms with Gasteiger partial charge in [0, 0.05) is 55.1 Å². The van der Waals surface area contributed by atoms with Gasteiger partial charge in [-0.15, -0.1) is 0 Å². The standard InChI is InChI=1S/C23H22ClN3O3/c1-16(28)26-11-13-27(14-12-26)20-7-5-19(6-8-20)25-23(29)22-10-9-21(30-22)17-3-2-4-18(24)15-17/h2-10,15H,11-14H2,1H3,(H,25,29). The van der Waals surface area contributed by atoms with Gasteiger partial charge in [-0.3, -0.25) is 9.59 Å². The minimum atomic E-state index is -0.314. The normalized spacial score (nSPS) is 13.9. The molecule has 7 heteroatoms. The Bertz CT molecular complexity index is 1050. The lowest BCUT2D eigenvalue weighted by Gasteiger charge is -2.35. The summed E-state index contributed by atoms with van der Waals surface area (Å²) in [6.07, 6.45) is 0. The molecule has 1 N–H and O–H groups in total. The van der Waals surface area contributed by atoms with Crippen LogP contribution < -0.4 is 10.2 Å². The van der Waals surface area contributed by atoms with Crippen LogP contribution in [0.3, 0.4) is 0 Å². The van der Waals surface area contributed by atoms with Crippen LogP contribution >= 0.6 is 11.6 Å². The van der Waals surface area contributed by atoms with Crippen LogP contribution in [0, 0.1) is 0 Å². The van der Waals surface area contributed by atoms with Gasteiger partial charge >= 0.3 is 0 Å². The molecule has 2 amide bonds. The first kappa shape index (κ1) is 20.0. The third-order valence-electron chi connectivity index (χ3n) is 5.15. The molecule has 0 saturated carbocycles. The Balaban J connectivity index is 1.38. The van der Waals surface area contributed by atoms with Gasteiger partial charge in [0.2, 0.25) is 5.91 Å². The summed E-state index contributed by atoms with van der Waals surface area (Å²) in [6, 6.07) is 18.4. The highest BCUT2D eigenvalue weighted by Gasteiger charge is 2.19. The van der Waals surface area contributed by atoms with Crippen LogP contribution in [0.4, 0.5) is 11.4 Å².